The Labute approximate surface area is 86.8 Å². The maximum Gasteiger partial charge on any atom is 0.0991 e. The fourth-order valence-electron chi connectivity index (χ4n) is 1.33. The summed E-state index contributed by atoms with van der Waals surface area (Å²) in [6.07, 6.45) is 1.73. The summed E-state index contributed by atoms with van der Waals surface area (Å²) in [7, 11) is 0. The number of hydrogen-bond donors (Lipinski definition) is 0. The van der Waals surface area contributed by atoms with Gasteiger partial charge in [0.1, 0.15) is 0 Å². The van der Waals surface area contributed by atoms with E-state index in [2.05, 4.69) is 11.1 Å². The molecule has 3 heteroatoms. The molecule has 1 aromatic heterocycles. The van der Waals surface area contributed by atoms with Crippen molar-refractivity contribution in [1.29, 1.82) is 5.26 Å². The number of benzene rings is 1. The summed E-state index contributed by atoms with van der Waals surface area (Å²) in [6.45, 7) is 1.90. The minimum Gasteiger partial charge on any atom is -0.256 e. The molecule has 0 unspecified atom stereocenters. The van der Waals surface area contributed by atoms with Crippen LogP contribution in [0.3, 0.4) is 0 Å². The van der Waals surface area contributed by atoms with E-state index in [1.54, 1.807) is 24.4 Å². The lowest BCUT2D eigenvalue weighted by Gasteiger charge is -2.02. The first-order valence-corrected chi connectivity index (χ1v) is 4.55. The number of pyridine rings is 1. The van der Waals surface area contributed by atoms with Crippen molar-refractivity contribution in [1.82, 2.24) is 4.98 Å². The summed E-state index contributed by atoms with van der Waals surface area (Å²) >= 11 is 6.11. The second-order valence-electron chi connectivity index (χ2n) is 3.10. The van der Waals surface area contributed by atoms with Crippen molar-refractivity contribution in [3.05, 3.63) is 40.5 Å². The third-order valence-corrected chi connectivity index (χ3v) is 2.61. The third kappa shape index (κ3) is 1.32. The summed E-state index contributed by atoms with van der Waals surface area (Å²) < 4.78 is 0. The van der Waals surface area contributed by atoms with Crippen molar-refractivity contribution in [2.75, 3.05) is 0 Å². The van der Waals surface area contributed by atoms with Crippen LogP contribution in [0.5, 0.6) is 0 Å². The molecule has 2 rings (SSSR count). The Hall–Kier alpha value is -1.59. The summed E-state index contributed by atoms with van der Waals surface area (Å²) in [5.41, 5.74) is 2.35. The molecule has 0 aliphatic rings. The second-order valence-corrected chi connectivity index (χ2v) is 3.48. The van der Waals surface area contributed by atoms with Gasteiger partial charge in [-0.25, -0.2) is 0 Å². The van der Waals surface area contributed by atoms with Gasteiger partial charge in [-0.3, -0.25) is 4.98 Å². The van der Waals surface area contributed by atoms with Gasteiger partial charge in [0.25, 0.3) is 0 Å². The van der Waals surface area contributed by atoms with Crippen LogP contribution in [-0.2, 0) is 0 Å². The Kier molecular flexibility index (Phi) is 2.11. The maximum atomic E-state index is 8.74. The lowest BCUT2D eigenvalue weighted by molar-refractivity contribution is 1.33. The SMILES string of the molecule is Cc1cnc2ccc(C#N)cc2c1Cl. The van der Waals surface area contributed by atoms with E-state index < -0.39 is 0 Å². The molecule has 68 valence electrons. The van der Waals surface area contributed by atoms with Crippen LogP contribution in [-0.4, -0.2) is 4.98 Å². The third-order valence-electron chi connectivity index (χ3n) is 2.11. The average molecular weight is 203 g/mol. The van der Waals surface area contributed by atoms with E-state index in [4.69, 9.17) is 16.9 Å². The van der Waals surface area contributed by atoms with E-state index >= 15 is 0 Å². The molecule has 0 spiro atoms. The van der Waals surface area contributed by atoms with Crippen LogP contribution < -0.4 is 0 Å². The zero-order valence-corrected chi connectivity index (χ0v) is 8.34. The zero-order valence-electron chi connectivity index (χ0n) is 7.58. The Morgan fingerprint density at radius 1 is 1.43 bits per heavy atom. The highest BCUT2D eigenvalue weighted by Crippen LogP contribution is 2.25. The van der Waals surface area contributed by atoms with Gasteiger partial charge in [0.15, 0.2) is 0 Å². The van der Waals surface area contributed by atoms with Crippen molar-refractivity contribution in [3.63, 3.8) is 0 Å². The highest BCUT2D eigenvalue weighted by molar-refractivity contribution is 6.36. The van der Waals surface area contributed by atoms with E-state index in [0.29, 0.717) is 10.6 Å². The topological polar surface area (TPSA) is 36.7 Å². The monoisotopic (exact) mass is 202 g/mol. The molecule has 1 aromatic carbocycles. The number of hydrogen-bond acceptors (Lipinski definition) is 2. The van der Waals surface area contributed by atoms with E-state index in [1.807, 2.05) is 6.92 Å². The van der Waals surface area contributed by atoms with Crippen molar-refractivity contribution in [2.45, 2.75) is 6.92 Å². The van der Waals surface area contributed by atoms with Crippen LogP contribution in [0, 0.1) is 18.3 Å². The molecule has 0 aliphatic heterocycles. The molecule has 14 heavy (non-hydrogen) atoms. The van der Waals surface area contributed by atoms with Crippen LogP contribution >= 0.6 is 11.6 Å². The molecular weight excluding hydrogens is 196 g/mol. The fourth-order valence-corrected chi connectivity index (χ4v) is 1.53. The molecule has 0 amide bonds. The number of rotatable bonds is 0. The maximum absolute atomic E-state index is 8.74. The number of nitriles is 1. The first kappa shape index (κ1) is 8.98. The Balaban J connectivity index is 2.86. The number of halogens is 1. The predicted octanol–water partition coefficient (Wildman–Crippen LogP) is 3.07. The number of nitrogens with zero attached hydrogens (tertiary/aromatic N) is 2. The van der Waals surface area contributed by atoms with E-state index in [1.165, 1.54) is 0 Å². The van der Waals surface area contributed by atoms with Gasteiger partial charge in [-0.1, -0.05) is 11.6 Å². The van der Waals surface area contributed by atoms with Crippen molar-refractivity contribution >= 4 is 22.5 Å². The summed E-state index contributed by atoms with van der Waals surface area (Å²) in [6, 6.07) is 7.38. The van der Waals surface area contributed by atoms with E-state index in [-0.39, 0.29) is 0 Å². The summed E-state index contributed by atoms with van der Waals surface area (Å²) in [5.74, 6) is 0. The molecule has 2 aromatic rings. The second kappa shape index (κ2) is 3.28. The lowest BCUT2D eigenvalue weighted by atomic mass is 10.1. The molecule has 0 aliphatic carbocycles. The van der Waals surface area contributed by atoms with Gasteiger partial charge >= 0.3 is 0 Å². The molecule has 0 saturated heterocycles. The molecule has 0 N–H and O–H groups in total. The zero-order chi connectivity index (χ0) is 10.1. The van der Waals surface area contributed by atoms with E-state index in [9.17, 15) is 0 Å². The molecule has 1 heterocycles. The van der Waals surface area contributed by atoms with Gasteiger partial charge in [-0.2, -0.15) is 5.26 Å². The Bertz CT molecular complexity index is 541. The minimum absolute atomic E-state index is 0.604. The van der Waals surface area contributed by atoms with Crippen molar-refractivity contribution in [2.24, 2.45) is 0 Å². The van der Waals surface area contributed by atoms with Crippen LogP contribution in [0.25, 0.3) is 10.9 Å². The standard InChI is InChI=1S/C11H7ClN2/c1-7-6-14-10-3-2-8(5-13)4-9(10)11(7)12/h2-4,6H,1H3. The molecule has 2 nitrogen and oxygen atoms in total. The fraction of sp³-hybridized carbons (Fsp3) is 0.0909. The number of fused-ring (bicyclic) bond motifs is 1. The molecule has 0 radical (unpaired) electrons. The van der Waals surface area contributed by atoms with E-state index in [0.717, 1.165) is 16.5 Å². The lowest BCUT2D eigenvalue weighted by Crippen LogP contribution is -1.85. The van der Waals surface area contributed by atoms with Gasteiger partial charge in [0.2, 0.25) is 0 Å². The Morgan fingerprint density at radius 3 is 2.93 bits per heavy atom. The minimum atomic E-state index is 0.604. The predicted molar refractivity (Wildman–Crippen MR) is 56.2 cm³/mol. The van der Waals surface area contributed by atoms with Crippen LogP contribution in [0.1, 0.15) is 11.1 Å². The number of aromatic nitrogens is 1. The quantitative estimate of drug-likeness (QED) is 0.658. The van der Waals surface area contributed by atoms with Gasteiger partial charge in [-0.15, -0.1) is 0 Å². The molecule has 0 atom stereocenters. The van der Waals surface area contributed by atoms with Crippen molar-refractivity contribution in [3.8, 4) is 6.07 Å². The molecule has 0 bridgehead atoms. The summed E-state index contributed by atoms with van der Waals surface area (Å²) in [4.78, 5) is 4.22. The highest BCUT2D eigenvalue weighted by Gasteiger charge is 2.03. The normalized spacial score (nSPS) is 10.1. The average Bonchev–Trinajstić information content (AvgIpc) is 2.23. The van der Waals surface area contributed by atoms with Crippen LogP contribution in [0.15, 0.2) is 24.4 Å². The molecule has 0 fully saturated rings. The Morgan fingerprint density at radius 2 is 2.21 bits per heavy atom. The van der Waals surface area contributed by atoms with Gasteiger partial charge in [0, 0.05) is 11.6 Å². The molecule has 0 saturated carbocycles. The van der Waals surface area contributed by atoms with Crippen molar-refractivity contribution < 1.29 is 0 Å². The first-order valence-electron chi connectivity index (χ1n) is 4.17. The van der Waals surface area contributed by atoms with Gasteiger partial charge < -0.3 is 0 Å². The first-order chi connectivity index (χ1) is 6.72. The van der Waals surface area contributed by atoms with Crippen LogP contribution in [0.2, 0.25) is 5.02 Å². The highest BCUT2D eigenvalue weighted by atomic mass is 35.5. The van der Waals surface area contributed by atoms with Crippen LogP contribution in [0.4, 0.5) is 0 Å². The molecular formula is C11H7ClN2. The largest absolute Gasteiger partial charge is 0.256 e. The van der Waals surface area contributed by atoms with Gasteiger partial charge in [-0.05, 0) is 30.7 Å². The number of aryl methyl sites for hydroxylation is 1. The summed E-state index contributed by atoms with van der Waals surface area (Å²) in [5, 5.41) is 10.3. The van der Waals surface area contributed by atoms with Gasteiger partial charge in [0.05, 0.1) is 22.2 Å². The smallest absolute Gasteiger partial charge is 0.0991 e.